The molecule has 8 atom stereocenters. The number of hydrogen-bond donors (Lipinski definition) is 5. The Morgan fingerprint density at radius 2 is 1.07 bits per heavy atom. The predicted octanol–water partition coefficient (Wildman–Crippen LogP) is -2.81. The zero-order chi connectivity index (χ0) is 40.2. The topological polar surface area (TPSA) is 321 Å². The third-order valence-corrected chi connectivity index (χ3v) is 9.07. The van der Waals surface area contributed by atoms with Crippen LogP contribution in [0.2, 0.25) is 0 Å². The summed E-state index contributed by atoms with van der Waals surface area (Å²) in [6.07, 6.45) is -3.00. The van der Waals surface area contributed by atoms with Crippen molar-refractivity contribution in [2.24, 2.45) is 16.0 Å². The molecule has 26 heteroatoms. The average Bonchev–Trinajstić information content (AvgIpc) is 3.64. The molecule has 6 aliphatic rings. The van der Waals surface area contributed by atoms with E-state index >= 15 is 0 Å². The number of fused-ring (bicyclic) bond motifs is 6. The van der Waals surface area contributed by atoms with E-state index in [4.69, 9.17) is 82.3 Å². The zero-order valence-corrected chi connectivity index (χ0v) is 32.5. The van der Waals surface area contributed by atoms with Gasteiger partial charge in [-0.2, -0.15) is 16.8 Å². The maximum absolute atomic E-state index is 11.1. The van der Waals surface area contributed by atoms with Crippen molar-refractivity contribution in [2.45, 2.75) is 127 Å². The summed E-state index contributed by atoms with van der Waals surface area (Å²) in [5.41, 5.74) is 4.93. The second kappa shape index (κ2) is 16.2. The number of nitrogens with one attached hydrogen (secondary N) is 1. The molecule has 6 saturated heterocycles. The lowest BCUT2D eigenvalue weighted by Gasteiger charge is -2.40. The molecule has 0 spiro atoms. The quantitative estimate of drug-likeness (QED) is 0.0936. The largest absolute Gasteiger partial charge is 0.480 e. The van der Waals surface area contributed by atoms with E-state index in [0.717, 1.165) is 4.90 Å². The summed E-state index contributed by atoms with van der Waals surface area (Å²) >= 11 is 0. The van der Waals surface area contributed by atoms with Crippen LogP contribution in [0.4, 0.5) is 0 Å². The van der Waals surface area contributed by atoms with Gasteiger partial charge in [0.1, 0.15) is 56.4 Å². The van der Waals surface area contributed by atoms with Crippen molar-refractivity contribution in [3.8, 4) is 0 Å². The van der Waals surface area contributed by atoms with Gasteiger partial charge in [0.25, 0.3) is 0 Å². The first-order chi connectivity index (χ1) is 23.9. The van der Waals surface area contributed by atoms with Gasteiger partial charge >= 0.3 is 49.6 Å². The van der Waals surface area contributed by atoms with E-state index in [-0.39, 0.29) is 61.0 Å². The second-order valence-electron chi connectivity index (χ2n) is 14.7. The number of nitrogens with zero attached hydrogens (tertiary/aromatic N) is 1. The van der Waals surface area contributed by atoms with Crippen molar-refractivity contribution < 1.29 is 82.5 Å². The average molecular weight is 836 g/mol. The molecule has 0 aromatic carbocycles. The van der Waals surface area contributed by atoms with Crippen molar-refractivity contribution in [3.05, 3.63) is 0 Å². The molecule has 6 heterocycles. The highest BCUT2D eigenvalue weighted by molar-refractivity contribution is 7.84. The molecule has 0 unspecified atom stereocenters. The maximum Gasteiger partial charge on any atom is 0.333 e. The Morgan fingerprint density at radius 1 is 0.722 bits per heavy atom. The van der Waals surface area contributed by atoms with Crippen LogP contribution in [0.25, 0.3) is 0 Å². The lowest BCUT2D eigenvalue weighted by molar-refractivity contribution is -0.290. The Labute approximate surface area is 330 Å². The fraction of sp³-hybridized carbons (Fsp3) is 0.929. The second-order valence-corrected chi connectivity index (χ2v) is 17.2. The normalized spacial score (nSPS) is 36.4. The van der Waals surface area contributed by atoms with Crippen molar-refractivity contribution in [1.29, 1.82) is 5.41 Å². The van der Waals surface area contributed by atoms with Gasteiger partial charge in [-0.05, 0) is 55.4 Å². The van der Waals surface area contributed by atoms with E-state index in [1.165, 1.54) is 7.05 Å². The third-order valence-electron chi connectivity index (χ3n) is 8.18. The van der Waals surface area contributed by atoms with Crippen LogP contribution in [0.5, 0.6) is 0 Å². The van der Waals surface area contributed by atoms with Gasteiger partial charge in [-0.25, -0.2) is 10.3 Å². The summed E-state index contributed by atoms with van der Waals surface area (Å²) in [5.74, 6) is -7.61. The summed E-state index contributed by atoms with van der Waals surface area (Å²) in [4.78, 5) is 11.0. The monoisotopic (exact) mass is 835 g/mol. The van der Waals surface area contributed by atoms with Crippen molar-refractivity contribution >= 4 is 55.6 Å². The van der Waals surface area contributed by atoms with Gasteiger partial charge in [0, 0.05) is 7.05 Å². The van der Waals surface area contributed by atoms with E-state index in [1.807, 2.05) is 0 Å². The molecule has 0 bridgehead atoms. The van der Waals surface area contributed by atoms with Crippen LogP contribution < -0.4 is 16.0 Å². The third kappa shape index (κ3) is 11.9. The van der Waals surface area contributed by atoms with E-state index in [9.17, 15) is 21.6 Å². The summed E-state index contributed by atoms with van der Waals surface area (Å²) in [5, 5.41) is 24.7. The van der Waals surface area contributed by atoms with Crippen molar-refractivity contribution in [2.75, 3.05) is 40.0 Å². The Bertz CT molecular complexity index is 1500. The molecule has 0 radical (unpaired) electrons. The Morgan fingerprint density at radius 3 is 1.35 bits per heavy atom. The summed E-state index contributed by atoms with van der Waals surface area (Å²) in [7, 11) is -6.83. The van der Waals surface area contributed by atoms with Gasteiger partial charge in [0.2, 0.25) is 11.6 Å². The predicted molar refractivity (Wildman–Crippen MR) is 184 cm³/mol. The fourth-order valence-corrected chi connectivity index (χ4v) is 7.17. The molecule has 312 valence electrons. The minimum Gasteiger partial charge on any atom is -0.480 e. The fourth-order valence-electron chi connectivity index (χ4n) is 6.51. The van der Waals surface area contributed by atoms with Gasteiger partial charge in [-0.1, -0.05) is 0 Å². The number of aliphatic carboxylic acids is 1. The highest BCUT2D eigenvalue weighted by Gasteiger charge is 2.67. The first kappa shape index (κ1) is 47.2. The maximum atomic E-state index is 11.1. The van der Waals surface area contributed by atoms with Crippen LogP contribution in [-0.4, -0.2) is 173 Å². The molecular weight excluding hydrogens is 783 g/mol. The molecular formula is C28H53MgN5O18S2. The van der Waals surface area contributed by atoms with Crippen LogP contribution in [-0.2, 0) is 81.1 Å². The number of carboxylic acids is 1. The van der Waals surface area contributed by atoms with Crippen molar-refractivity contribution in [3.63, 3.8) is 0 Å². The smallest absolute Gasteiger partial charge is 0.333 e. The Hall–Kier alpha value is -1.15. The zero-order valence-electron chi connectivity index (χ0n) is 30.9. The van der Waals surface area contributed by atoms with E-state index in [1.54, 1.807) is 55.4 Å². The number of hydrogen-bond acceptors (Lipinski definition) is 18. The van der Waals surface area contributed by atoms with Gasteiger partial charge in [0.05, 0.1) is 13.2 Å². The first-order valence-corrected chi connectivity index (χ1v) is 19.2. The molecule has 54 heavy (non-hydrogen) atoms. The molecule has 0 aromatic rings. The van der Waals surface area contributed by atoms with Crippen LogP contribution in [0, 0.1) is 5.41 Å². The highest BCUT2D eigenvalue weighted by Crippen LogP contribution is 2.49. The van der Waals surface area contributed by atoms with Crippen LogP contribution in [0.1, 0.15) is 55.4 Å². The molecule has 8 N–H and O–H groups in total. The molecule has 6 aliphatic heterocycles. The Kier molecular flexibility index (Phi) is 14.2. The Balaban J connectivity index is 0.000000235. The number of ether oxygens (including phenoxy) is 10. The molecule has 0 amide bonds. The van der Waals surface area contributed by atoms with Gasteiger partial charge in [-0.3, -0.25) is 18.6 Å². The standard InChI is InChI=1S/2C12H21NO8S.C4H9N3O2.Mg.2H/c2*1-10(2)18-7-5-16-12(6-17-22(13,14)15)9(8(7)19-10)20-11(3,4)21-12;1-7(4(5)6)2-3(8)9;;;/h2*7-9H,5-6H2,1-4H3,(H2,13,14,15);2H2,1H3,(H3,5,6)(H,8,9);;;/t2*7-,8-,9+,12+;;;;/m11..../s1. The highest BCUT2D eigenvalue weighted by atomic mass is 32.2. The van der Waals surface area contributed by atoms with E-state index in [0.29, 0.717) is 0 Å². The van der Waals surface area contributed by atoms with Gasteiger partial charge < -0.3 is 63.1 Å². The molecule has 23 nitrogen and oxygen atoms in total. The van der Waals surface area contributed by atoms with Crippen LogP contribution in [0.3, 0.4) is 0 Å². The van der Waals surface area contributed by atoms with Gasteiger partial charge in [0.15, 0.2) is 29.1 Å². The van der Waals surface area contributed by atoms with E-state index in [2.05, 4.69) is 0 Å². The molecule has 0 aromatic heterocycles. The van der Waals surface area contributed by atoms with Gasteiger partial charge in [-0.15, -0.1) is 0 Å². The summed E-state index contributed by atoms with van der Waals surface area (Å²) in [6, 6.07) is 0. The summed E-state index contributed by atoms with van der Waals surface area (Å²) < 4.78 is 112. The molecule has 0 aliphatic carbocycles. The van der Waals surface area contributed by atoms with E-state index < -0.39 is 98.9 Å². The number of likely N-dealkylation sites (N-methyl/N-ethyl adjacent to an activating group) is 1. The molecule has 6 rings (SSSR count). The van der Waals surface area contributed by atoms with Crippen LogP contribution >= 0.6 is 0 Å². The number of nitrogens with two attached hydrogens (primary N) is 3. The van der Waals surface area contributed by atoms with Crippen molar-refractivity contribution in [1.82, 2.24) is 4.90 Å². The number of guanidine groups is 1. The minimum atomic E-state index is -4.14. The number of rotatable bonds is 8. The van der Waals surface area contributed by atoms with Crippen LogP contribution in [0.15, 0.2) is 0 Å². The minimum absolute atomic E-state index is 0. The lowest BCUT2D eigenvalue weighted by Crippen LogP contribution is -2.60. The summed E-state index contributed by atoms with van der Waals surface area (Å²) in [6.45, 7) is 13.2. The number of carboxylic acid groups (broad SMARTS) is 1. The number of carbonyl (C=O) groups is 1. The SMILES string of the molecule is CC1(C)O[C@@H]2[C@@H](CO[C@@]3(COS(N)(=O)=O)OC(C)(C)O[C@@H]23)O1.CC1(C)O[C@@H]2[C@@H](CO[C@@]3(COS(N)(=O)=O)OC(C)(C)O[C@@H]23)O1.CN(CC(=O)O)C(=N)N.[MgH2]. The lowest BCUT2D eigenvalue weighted by atomic mass is 9.98. The molecule has 0 saturated carbocycles. The molecule has 6 fully saturated rings. The first-order valence-electron chi connectivity index (χ1n) is 16.2.